The Labute approximate surface area is 125 Å². The molecular weight excluding hydrogens is 264 g/mol. The summed E-state index contributed by atoms with van der Waals surface area (Å²) in [4.78, 5) is 8.25. The first-order valence-corrected chi connectivity index (χ1v) is 7.24. The van der Waals surface area contributed by atoms with Crippen molar-refractivity contribution < 1.29 is 4.74 Å². The van der Waals surface area contributed by atoms with Gasteiger partial charge in [-0.3, -0.25) is 0 Å². The molecule has 0 aliphatic heterocycles. The summed E-state index contributed by atoms with van der Waals surface area (Å²) in [5.41, 5.74) is 6.94. The lowest BCUT2D eigenvalue weighted by Gasteiger charge is -2.11. The highest BCUT2D eigenvalue weighted by molar-refractivity contribution is 5.44. The fraction of sp³-hybridized carbons (Fsp3) is 0.375. The number of nitrogens with two attached hydrogens (primary N) is 1. The van der Waals surface area contributed by atoms with Crippen LogP contribution in [0.3, 0.4) is 0 Å². The summed E-state index contributed by atoms with van der Waals surface area (Å²) in [6.07, 6.45) is 1.01. The first-order chi connectivity index (χ1) is 10.1. The molecule has 1 aromatic heterocycles. The molecule has 0 saturated heterocycles. The third kappa shape index (κ3) is 4.34. The van der Waals surface area contributed by atoms with Gasteiger partial charge in [-0.05, 0) is 30.0 Å². The average Bonchev–Trinajstić information content (AvgIpc) is 2.45. The highest BCUT2D eigenvalue weighted by atomic mass is 16.5. The molecule has 1 aromatic carbocycles. The molecule has 0 amide bonds. The standard InChI is InChI=1S/C16H22N4O/c1-4-8-18-14-10-15(20-16(17)19-14)21-13-7-5-6-12(9-13)11(2)3/h5-7,9-11H,4,8H2,1-3H3,(H3,17,18,19,20). The van der Waals surface area contributed by atoms with Crippen molar-refractivity contribution in [3.63, 3.8) is 0 Å². The van der Waals surface area contributed by atoms with Gasteiger partial charge in [0.2, 0.25) is 11.8 Å². The summed E-state index contributed by atoms with van der Waals surface area (Å²) < 4.78 is 5.80. The second kappa shape index (κ2) is 6.92. The predicted octanol–water partition coefficient (Wildman–Crippen LogP) is 3.80. The van der Waals surface area contributed by atoms with Crippen molar-refractivity contribution in [2.24, 2.45) is 0 Å². The summed E-state index contributed by atoms with van der Waals surface area (Å²) in [6.45, 7) is 7.22. The van der Waals surface area contributed by atoms with E-state index >= 15 is 0 Å². The van der Waals surface area contributed by atoms with Crippen LogP contribution in [0.5, 0.6) is 11.6 Å². The van der Waals surface area contributed by atoms with E-state index in [0.29, 0.717) is 17.6 Å². The highest BCUT2D eigenvalue weighted by Crippen LogP contribution is 2.25. The van der Waals surface area contributed by atoms with E-state index in [1.807, 2.05) is 18.2 Å². The van der Waals surface area contributed by atoms with Crippen LogP contribution in [-0.2, 0) is 0 Å². The lowest BCUT2D eigenvalue weighted by atomic mass is 10.0. The van der Waals surface area contributed by atoms with Crippen molar-refractivity contribution in [2.45, 2.75) is 33.1 Å². The van der Waals surface area contributed by atoms with Crippen LogP contribution in [0.2, 0.25) is 0 Å². The maximum Gasteiger partial charge on any atom is 0.226 e. The number of rotatable bonds is 6. The van der Waals surface area contributed by atoms with Gasteiger partial charge in [0, 0.05) is 12.6 Å². The molecule has 1 heterocycles. The first-order valence-electron chi connectivity index (χ1n) is 7.24. The molecule has 2 rings (SSSR count). The van der Waals surface area contributed by atoms with Gasteiger partial charge in [0.05, 0.1) is 0 Å². The molecule has 0 spiro atoms. The number of nitrogen functional groups attached to an aromatic ring is 1. The van der Waals surface area contributed by atoms with Crippen molar-refractivity contribution in [1.82, 2.24) is 9.97 Å². The molecule has 5 nitrogen and oxygen atoms in total. The predicted molar refractivity (Wildman–Crippen MR) is 85.8 cm³/mol. The molecule has 3 N–H and O–H groups in total. The van der Waals surface area contributed by atoms with E-state index in [2.05, 4.69) is 42.1 Å². The average molecular weight is 286 g/mol. The molecule has 0 aliphatic rings. The Hall–Kier alpha value is -2.30. The van der Waals surface area contributed by atoms with Crippen LogP contribution < -0.4 is 15.8 Å². The van der Waals surface area contributed by atoms with Gasteiger partial charge in [0.1, 0.15) is 11.6 Å². The van der Waals surface area contributed by atoms with Crippen LogP contribution in [0.25, 0.3) is 0 Å². The zero-order valence-electron chi connectivity index (χ0n) is 12.8. The van der Waals surface area contributed by atoms with E-state index in [4.69, 9.17) is 10.5 Å². The van der Waals surface area contributed by atoms with E-state index in [-0.39, 0.29) is 5.95 Å². The fourth-order valence-electron chi connectivity index (χ4n) is 1.90. The Morgan fingerprint density at radius 1 is 1.24 bits per heavy atom. The summed E-state index contributed by atoms with van der Waals surface area (Å²) in [5, 5.41) is 3.18. The van der Waals surface area contributed by atoms with Crippen molar-refractivity contribution >= 4 is 11.8 Å². The minimum Gasteiger partial charge on any atom is -0.439 e. The van der Waals surface area contributed by atoms with E-state index in [9.17, 15) is 0 Å². The molecule has 0 unspecified atom stereocenters. The summed E-state index contributed by atoms with van der Waals surface area (Å²) in [6, 6.07) is 9.74. The minimum atomic E-state index is 0.200. The molecule has 0 atom stereocenters. The molecular formula is C16H22N4O. The molecule has 0 aliphatic carbocycles. The number of nitrogens with zero attached hydrogens (tertiary/aromatic N) is 2. The normalized spacial score (nSPS) is 10.7. The van der Waals surface area contributed by atoms with E-state index in [0.717, 1.165) is 18.7 Å². The van der Waals surface area contributed by atoms with Crippen LogP contribution in [0.4, 0.5) is 11.8 Å². The number of hydrogen-bond donors (Lipinski definition) is 2. The number of hydrogen-bond acceptors (Lipinski definition) is 5. The smallest absolute Gasteiger partial charge is 0.226 e. The molecule has 21 heavy (non-hydrogen) atoms. The highest BCUT2D eigenvalue weighted by Gasteiger charge is 2.06. The molecule has 0 saturated carbocycles. The zero-order valence-corrected chi connectivity index (χ0v) is 12.8. The lowest BCUT2D eigenvalue weighted by molar-refractivity contribution is 0.462. The third-order valence-corrected chi connectivity index (χ3v) is 3.02. The topological polar surface area (TPSA) is 73.1 Å². The van der Waals surface area contributed by atoms with Gasteiger partial charge in [-0.15, -0.1) is 0 Å². The molecule has 112 valence electrons. The van der Waals surface area contributed by atoms with Gasteiger partial charge in [-0.25, -0.2) is 0 Å². The lowest BCUT2D eigenvalue weighted by Crippen LogP contribution is -2.05. The van der Waals surface area contributed by atoms with Gasteiger partial charge in [0.15, 0.2) is 0 Å². The van der Waals surface area contributed by atoms with Crippen molar-refractivity contribution in [3.8, 4) is 11.6 Å². The van der Waals surface area contributed by atoms with Crippen LogP contribution in [-0.4, -0.2) is 16.5 Å². The maximum absolute atomic E-state index is 5.80. The monoisotopic (exact) mass is 286 g/mol. The number of nitrogens with one attached hydrogen (secondary N) is 1. The number of ether oxygens (including phenoxy) is 1. The molecule has 5 heteroatoms. The number of anilines is 2. The van der Waals surface area contributed by atoms with Gasteiger partial charge < -0.3 is 15.8 Å². The van der Waals surface area contributed by atoms with E-state index in [1.54, 1.807) is 6.07 Å². The first kappa shape index (κ1) is 15.1. The summed E-state index contributed by atoms with van der Waals surface area (Å²) >= 11 is 0. The van der Waals surface area contributed by atoms with Crippen LogP contribution in [0.15, 0.2) is 30.3 Å². The third-order valence-electron chi connectivity index (χ3n) is 3.02. The van der Waals surface area contributed by atoms with Crippen LogP contribution >= 0.6 is 0 Å². The van der Waals surface area contributed by atoms with Crippen LogP contribution in [0, 0.1) is 0 Å². The molecule has 0 radical (unpaired) electrons. The number of benzene rings is 1. The Morgan fingerprint density at radius 3 is 2.76 bits per heavy atom. The summed E-state index contributed by atoms with van der Waals surface area (Å²) in [7, 11) is 0. The minimum absolute atomic E-state index is 0.200. The van der Waals surface area contributed by atoms with E-state index < -0.39 is 0 Å². The fourth-order valence-corrected chi connectivity index (χ4v) is 1.90. The Morgan fingerprint density at radius 2 is 2.05 bits per heavy atom. The molecule has 0 fully saturated rings. The second-order valence-corrected chi connectivity index (χ2v) is 5.21. The van der Waals surface area contributed by atoms with Crippen molar-refractivity contribution in [2.75, 3.05) is 17.6 Å². The summed E-state index contributed by atoms with van der Waals surface area (Å²) in [5.74, 6) is 2.53. The van der Waals surface area contributed by atoms with Crippen molar-refractivity contribution in [1.29, 1.82) is 0 Å². The van der Waals surface area contributed by atoms with Crippen LogP contribution in [0.1, 0.15) is 38.7 Å². The second-order valence-electron chi connectivity index (χ2n) is 5.21. The Kier molecular flexibility index (Phi) is 4.98. The quantitative estimate of drug-likeness (QED) is 0.845. The molecule has 0 bridgehead atoms. The Bertz CT molecular complexity index is 599. The maximum atomic E-state index is 5.80. The zero-order chi connectivity index (χ0) is 15.2. The van der Waals surface area contributed by atoms with Gasteiger partial charge >= 0.3 is 0 Å². The largest absolute Gasteiger partial charge is 0.439 e. The SMILES string of the molecule is CCCNc1cc(Oc2cccc(C(C)C)c2)nc(N)n1. The van der Waals surface area contributed by atoms with Gasteiger partial charge in [-0.2, -0.15) is 9.97 Å². The number of aromatic nitrogens is 2. The van der Waals surface area contributed by atoms with E-state index in [1.165, 1.54) is 5.56 Å². The molecule has 2 aromatic rings. The Balaban J connectivity index is 2.18. The van der Waals surface area contributed by atoms with Gasteiger partial charge in [0.25, 0.3) is 0 Å². The van der Waals surface area contributed by atoms with Crippen molar-refractivity contribution in [3.05, 3.63) is 35.9 Å². The van der Waals surface area contributed by atoms with Gasteiger partial charge in [-0.1, -0.05) is 32.9 Å².